The third-order valence-electron chi connectivity index (χ3n) is 5.44. The summed E-state index contributed by atoms with van der Waals surface area (Å²) in [7, 11) is 3.09. The molecule has 1 amide bonds. The number of amides is 1. The van der Waals surface area contributed by atoms with Gasteiger partial charge in [0, 0.05) is 10.4 Å². The number of aliphatic hydroxyl groups is 1. The number of carbonyl (C=O) groups excluding carboxylic acids is 2. The summed E-state index contributed by atoms with van der Waals surface area (Å²) in [5.41, 5.74) is 1.82. The van der Waals surface area contributed by atoms with Crippen molar-refractivity contribution in [1.29, 1.82) is 0 Å². The maximum absolute atomic E-state index is 13.2. The molecule has 3 aromatic rings. The largest absolute Gasteiger partial charge is 0.507 e. The highest BCUT2D eigenvalue weighted by molar-refractivity contribution is 7.16. The normalized spacial score (nSPS) is 17.6. The van der Waals surface area contributed by atoms with Crippen LogP contribution < -0.4 is 14.4 Å². The smallest absolute Gasteiger partial charge is 0.301 e. The Balaban J connectivity index is 1.93. The van der Waals surface area contributed by atoms with Crippen molar-refractivity contribution < 1.29 is 24.2 Å². The lowest BCUT2D eigenvalue weighted by atomic mass is 9.95. The first-order chi connectivity index (χ1) is 15.3. The fraction of sp³-hybridized carbons (Fsp3) is 0.208. The maximum Gasteiger partial charge on any atom is 0.301 e. The monoisotopic (exact) mass is 450 g/mol. The zero-order valence-electron chi connectivity index (χ0n) is 18.1. The van der Waals surface area contributed by atoms with Crippen LogP contribution in [0, 0.1) is 13.8 Å². The van der Waals surface area contributed by atoms with Crippen LogP contribution in [0.15, 0.2) is 54.1 Å². The Labute approximate surface area is 189 Å². The lowest BCUT2D eigenvalue weighted by Crippen LogP contribution is -2.29. The lowest BCUT2D eigenvalue weighted by molar-refractivity contribution is -0.132. The second kappa shape index (κ2) is 8.47. The number of ether oxygens (including phenoxy) is 2. The molecule has 1 aliphatic heterocycles. The summed E-state index contributed by atoms with van der Waals surface area (Å²) in [6.45, 7) is 3.76. The minimum absolute atomic E-state index is 0.000994. The molecule has 8 heteroatoms. The van der Waals surface area contributed by atoms with Crippen LogP contribution in [0.2, 0.25) is 0 Å². The predicted octanol–water partition coefficient (Wildman–Crippen LogP) is 4.40. The standard InChI is InChI=1S/C24H22N2O5S/c1-13-14(2)32-24(25-13)26-20(16-6-5-7-18(12-16)31-4)19(22(28)23(26)29)21(27)15-8-10-17(30-3)11-9-15/h5-12,20,27H,1-4H3/t20-/m1/s1. The molecule has 1 saturated heterocycles. The van der Waals surface area contributed by atoms with Crippen molar-refractivity contribution >= 4 is 33.9 Å². The van der Waals surface area contributed by atoms with Gasteiger partial charge in [0.25, 0.3) is 5.78 Å². The summed E-state index contributed by atoms with van der Waals surface area (Å²) >= 11 is 1.33. The van der Waals surface area contributed by atoms with Gasteiger partial charge in [0.05, 0.1) is 31.5 Å². The van der Waals surface area contributed by atoms with Gasteiger partial charge >= 0.3 is 5.91 Å². The third-order valence-corrected chi connectivity index (χ3v) is 6.51. The molecule has 2 heterocycles. The molecule has 0 bridgehead atoms. The minimum atomic E-state index is -0.850. The van der Waals surface area contributed by atoms with E-state index in [-0.39, 0.29) is 11.3 Å². The van der Waals surface area contributed by atoms with Gasteiger partial charge in [-0.3, -0.25) is 14.5 Å². The van der Waals surface area contributed by atoms with Gasteiger partial charge in [0.15, 0.2) is 5.13 Å². The summed E-state index contributed by atoms with van der Waals surface area (Å²) < 4.78 is 10.5. The van der Waals surface area contributed by atoms with Crippen LogP contribution in [0.1, 0.15) is 27.7 Å². The highest BCUT2D eigenvalue weighted by atomic mass is 32.1. The van der Waals surface area contributed by atoms with Crippen molar-refractivity contribution in [2.75, 3.05) is 19.1 Å². The molecule has 164 valence electrons. The molecule has 1 aromatic heterocycles. The highest BCUT2D eigenvalue weighted by Gasteiger charge is 2.48. The van der Waals surface area contributed by atoms with Gasteiger partial charge in [-0.2, -0.15) is 0 Å². The number of thiazole rings is 1. The SMILES string of the molecule is COc1ccc(C(O)=C2C(=O)C(=O)N(c3nc(C)c(C)s3)[C@@H]2c2cccc(OC)c2)cc1. The Morgan fingerprint density at radius 3 is 2.31 bits per heavy atom. The number of methoxy groups -OCH3 is 2. The first kappa shape index (κ1) is 21.6. The number of aromatic nitrogens is 1. The number of carbonyl (C=O) groups is 2. The molecular formula is C24H22N2O5S. The van der Waals surface area contributed by atoms with E-state index in [1.54, 1.807) is 62.8 Å². The first-order valence-electron chi connectivity index (χ1n) is 9.89. The van der Waals surface area contributed by atoms with E-state index >= 15 is 0 Å². The zero-order chi connectivity index (χ0) is 23.0. The maximum atomic E-state index is 13.2. The molecule has 2 aromatic carbocycles. The number of benzene rings is 2. The number of Topliss-reactive ketones (excluding diaryl/α,β-unsaturated/α-hetero) is 1. The molecular weight excluding hydrogens is 428 g/mol. The number of aliphatic hydroxyl groups excluding tert-OH is 1. The Morgan fingerprint density at radius 2 is 1.72 bits per heavy atom. The fourth-order valence-electron chi connectivity index (χ4n) is 3.62. The Hall–Kier alpha value is -3.65. The average Bonchev–Trinajstić information content (AvgIpc) is 3.28. The fourth-order valence-corrected chi connectivity index (χ4v) is 4.56. The minimum Gasteiger partial charge on any atom is -0.507 e. The molecule has 1 fully saturated rings. The van der Waals surface area contributed by atoms with E-state index in [0.29, 0.717) is 27.8 Å². The molecule has 1 atom stereocenters. The molecule has 32 heavy (non-hydrogen) atoms. The lowest BCUT2D eigenvalue weighted by Gasteiger charge is -2.23. The van der Waals surface area contributed by atoms with Crippen molar-refractivity contribution in [3.8, 4) is 11.5 Å². The number of nitrogens with zero attached hydrogens (tertiary/aromatic N) is 2. The van der Waals surface area contributed by atoms with Gasteiger partial charge in [-0.05, 0) is 55.8 Å². The van der Waals surface area contributed by atoms with Crippen LogP contribution >= 0.6 is 11.3 Å². The average molecular weight is 451 g/mol. The van der Waals surface area contributed by atoms with Crippen LogP contribution in [-0.4, -0.2) is 36.0 Å². The van der Waals surface area contributed by atoms with Crippen LogP contribution in [0.25, 0.3) is 5.76 Å². The van der Waals surface area contributed by atoms with Gasteiger partial charge in [-0.15, -0.1) is 11.3 Å². The van der Waals surface area contributed by atoms with Crippen LogP contribution in [0.3, 0.4) is 0 Å². The van der Waals surface area contributed by atoms with Gasteiger partial charge in [-0.1, -0.05) is 12.1 Å². The van der Waals surface area contributed by atoms with Crippen LogP contribution in [-0.2, 0) is 9.59 Å². The predicted molar refractivity (Wildman–Crippen MR) is 122 cm³/mol. The summed E-state index contributed by atoms with van der Waals surface area (Å²) in [4.78, 5) is 33.1. The summed E-state index contributed by atoms with van der Waals surface area (Å²) in [5.74, 6) is -0.575. The number of hydrogen-bond donors (Lipinski definition) is 1. The van der Waals surface area contributed by atoms with Crippen molar-refractivity contribution in [3.05, 3.63) is 75.8 Å². The molecule has 4 rings (SSSR count). The van der Waals surface area contributed by atoms with E-state index in [4.69, 9.17) is 9.47 Å². The first-order valence-corrected chi connectivity index (χ1v) is 10.7. The molecule has 0 radical (unpaired) electrons. The van der Waals surface area contributed by atoms with E-state index in [1.807, 2.05) is 13.8 Å². The summed E-state index contributed by atoms with van der Waals surface area (Å²) in [5, 5.41) is 11.6. The topological polar surface area (TPSA) is 89.0 Å². The van der Waals surface area contributed by atoms with E-state index in [9.17, 15) is 14.7 Å². The highest BCUT2D eigenvalue weighted by Crippen LogP contribution is 2.44. The van der Waals surface area contributed by atoms with Crippen LogP contribution in [0.4, 0.5) is 5.13 Å². The summed E-state index contributed by atoms with van der Waals surface area (Å²) in [6, 6.07) is 12.9. The van der Waals surface area contributed by atoms with E-state index in [2.05, 4.69) is 4.98 Å². The molecule has 1 aliphatic rings. The third kappa shape index (κ3) is 3.62. The van der Waals surface area contributed by atoms with Crippen molar-refractivity contribution in [2.24, 2.45) is 0 Å². The molecule has 0 spiro atoms. The molecule has 1 N–H and O–H groups in total. The van der Waals surface area contributed by atoms with Gasteiger partial charge in [-0.25, -0.2) is 4.98 Å². The van der Waals surface area contributed by atoms with Crippen molar-refractivity contribution in [1.82, 2.24) is 4.98 Å². The second-order valence-corrected chi connectivity index (χ2v) is 8.49. The number of ketones is 1. The molecule has 0 unspecified atom stereocenters. The quantitative estimate of drug-likeness (QED) is 0.352. The summed E-state index contributed by atoms with van der Waals surface area (Å²) in [6.07, 6.45) is 0. The second-order valence-electron chi connectivity index (χ2n) is 7.31. The Bertz CT molecular complexity index is 1210. The van der Waals surface area contributed by atoms with Gasteiger partial charge < -0.3 is 14.6 Å². The Morgan fingerprint density at radius 1 is 1.03 bits per heavy atom. The van der Waals surface area contributed by atoms with Crippen LogP contribution in [0.5, 0.6) is 11.5 Å². The number of hydrogen-bond acceptors (Lipinski definition) is 7. The van der Waals surface area contributed by atoms with E-state index in [0.717, 1.165) is 10.6 Å². The Kier molecular flexibility index (Phi) is 5.71. The molecule has 0 aliphatic carbocycles. The van der Waals surface area contributed by atoms with E-state index in [1.165, 1.54) is 16.2 Å². The van der Waals surface area contributed by atoms with E-state index < -0.39 is 17.7 Å². The van der Waals surface area contributed by atoms with Gasteiger partial charge in [0.2, 0.25) is 0 Å². The zero-order valence-corrected chi connectivity index (χ0v) is 18.9. The van der Waals surface area contributed by atoms with Gasteiger partial charge in [0.1, 0.15) is 17.3 Å². The number of aryl methyl sites for hydroxylation is 2. The molecule has 0 saturated carbocycles. The van der Waals surface area contributed by atoms with Crippen molar-refractivity contribution in [3.63, 3.8) is 0 Å². The van der Waals surface area contributed by atoms with Crippen molar-refractivity contribution in [2.45, 2.75) is 19.9 Å². The molecule has 7 nitrogen and oxygen atoms in total. The number of rotatable bonds is 5. The number of anilines is 1.